The lowest BCUT2D eigenvalue weighted by molar-refractivity contribution is -0.144. The van der Waals surface area contributed by atoms with Crippen LogP contribution in [-0.2, 0) is 43.2 Å². The van der Waals surface area contributed by atoms with Crippen molar-refractivity contribution < 1.29 is 63.6 Å². The van der Waals surface area contributed by atoms with Gasteiger partial charge >= 0.3 is 17.9 Å². The van der Waals surface area contributed by atoms with Crippen molar-refractivity contribution >= 4 is 59.3 Å². The van der Waals surface area contributed by atoms with E-state index in [1.807, 2.05) is 5.32 Å². The summed E-state index contributed by atoms with van der Waals surface area (Å²) in [4.78, 5) is 114. The summed E-state index contributed by atoms with van der Waals surface area (Å²) in [5, 5.41) is 50.3. The number of hydrogen-bond acceptors (Lipinski definition) is 12. The van der Waals surface area contributed by atoms with Gasteiger partial charge in [-0.05, 0) is 25.2 Å². The Bertz CT molecular complexity index is 1270. The van der Waals surface area contributed by atoms with Crippen LogP contribution in [0.5, 0.6) is 0 Å². The first kappa shape index (κ1) is 44.4. The Kier molecular flexibility index (Phi) is 20.3. The molecule has 0 aromatic carbocycles. The number of nitrogens with zero attached hydrogens (tertiary/aromatic N) is 1. The fourth-order valence-electron chi connectivity index (χ4n) is 3.97. The molecule has 0 saturated carbocycles. The predicted octanol–water partition coefficient (Wildman–Crippen LogP) is -6.39. The summed E-state index contributed by atoms with van der Waals surface area (Å²) in [5.74, 6) is -11.4. The highest BCUT2D eigenvalue weighted by Gasteiger charge is 2.34. The highest BCUT2D eigenvalue weighted by Crippen LogP contribution is 2.07. The topological polar surface area (TPSA) is 397 Å². The van der Waals surface area contributed by atoms with Crippen LogP contribution in [0.15, 0.2) is 4.99 Å². The maximum Gasteiger partial charge on any atom is 0.328 e. The number of aliphatic imine (C=N–C) groups is 1. The molecule has 0 unspecified atom stereocenters. The number of rotatable bonds is 24. The van der Waals surface area contributed by atoms with E-state index in [-0.39, 0.29) is 25.3 Å². The van der Waals surface area contributed by atoms with Crippen LogP contribution in [0.4, 0.5) is 0 Å². The zero-order chi connectivity index (χ0) is 38.6. The number of aliphatic hydroxyl groups excluding tert-OH is 1. The molecule has 0 spiro atoms. The molecular formula is C27H46N10O13. The van der Waals surface area contributed by atoms with Crippen LogP contribution in [-0.4, -0.2) is 136 Å². The SMILES string of the molecule is CC(C)[C@H](NC(=O)CNC(=O)CN)C(=O)N[C@@H](CCC(=O)O)C(=O)N[C@@H](CC(=O)O)C(=O)N[C@@H](CCCN=C(N)N)C(=O)N[C@@H](CO)C(=O)O. The molecule has 23 heteroatoms. The van der Waals surface area contributed by atoms with Crippen molar-refractivity contribution in [3.63, 3.8) is 0 Å². The van der Waals surface area contributed by atoms with Crippen LogP contribution < -0.4 is 49.1 Å². The van der Waals surface area contributed by atoms with Gasteiger partial charge < -0.3 is 69.5 Å². The largest absolute Gasteiger partial charge is 0.481 e. The van der Waals surface area contributed by atoms with Crippen molar-refractivity contribution in [1.29, 1.82) is 0 Å². The van der Waals surface area contributed by atoms with Gasteiger partial charge in [-0.3, -0.25) is 43.3 Å². The van der Waals surface area contributed by atoms with Crippen LogP contribution in [0, 0.1) is 5.92 Å². The molecule has 0 aliphatic carbocycles. The fourth-order valence-corrected chi connectivity index (χ4v) is 3.97. The molecule has 282 valence electrons. The lowest BCUT2D eigenvalue weighted by Crippen LogP contribution is -2.60. The van der Waals surface area contributed by atoms with E-state index < -0.39 is 128 Å². The van der Waals surface area contributed by atoms with Gasteiger partial charge in [0.25, 0.3) is 0 Å². The predicted molar refractivity (Wildman–Crippen MR) is 170 cm³/mol. The van der Waals surface area contributed by atoms with E-state index in [4.69, 9.17) is 17.2 Å². The molecular weight excluding hydrogens is 672 g/mol. The summed E-state index contributed by atoms with van der Waals surface area (Å²) in [7, 11) is 0. The molecule has 16 N–H and O–H groups in total. The van der Waals surface area contributed by atoms with Crippen molar-refractivity contribution in [3.8, 4) is 0 Å². The number of nitrogens with one attached hydrogen (secondary N) is 6. The molecule has 0 aliphatic rings. The van der Waals surface area contributed by atoms with E-state index in [0.717, 1.165) is 0 Å². The first-order valence-electron chi connectivity index (χ1n) is 15.1. The molecule has 0 heterocycles. The zero-order valence-corrected chi connectivity index (χ0v) is 27.5. The number of amides is 6. The third-order valence-corrected chi connectivity index (χ3v) is 6.56. The number of nitrogens with two attached hydrogens (primary N) is 3. The van der Waals surface area contributed by atoms with Crippen molar-refractivity contribution in [2.75, 3.05) is 26.2 Å². The van der Waals surface area contributed by atoms with Crippen LogP contribution in [0.1, 0.15) is 46.0 Å². The summed E-state index contributed by atoms with van der Waals surface area (Å²) in [6.45, 7) is 1.09. The molecule has 0 radical (unpaired) electrons. The minimum absolute atomic E-state index is 0.0370. The Morgan fingerprint density at radius 1 is 0.680 bits per heavy atom. The van der Waals surface area contributed by atoms with Crippen LogP contribution in [0.25, 0.3) is 0 Å². The van der Waals surface area contributed by atoms with Gasteiger partial charge in [0, 0.05) is 13.0 Å². The molecule has 0 aromatic rings. The van der Waals surface area contributed by atoms with Gasteiger partial charge in [0.15, 0.2) is 5.96 Å². The molecule has 0 aromatic heterocycles. The molecule has 0 bridgehead atoms. The second kappa shape index (κ2) is 22.9. The monoisotopic (exact) mass is 718 g/mol. The normalized spacial score (nSPS) is 13.6. The number of aliphatic carboxylic acids is 3. The van der Waals surface area contributed by atoms with Gasteiger partial charge in [0.1, 0.15) is 30.2 Å². The maximum absolute atomic E-state index is 13.3. The quantitative estimate of drug-likeness (QED) is 0.0251. The van der Waals surface area contributed by atoms with Crippen molar-refractivity contribution in [3.05, 3.63) is 0 Å². The molecule has 0 saturated heterocycles. The van der Waals surface area contributed by atoms with Crippen LogP contribution >= 0.6 is 0 Å². The Morgan fingerprint density at radius 2 is 1.20 bits per heavy atom. The number of carbonyl (C=O) groups excluding carboxylic acids is 6. The fraction of sp³-hybridized carbons (Fsp3) is 0.630. The second-order valence-corrected chi connectivity index (χ2v) is 11.0. The highest BCUT2D eigenvalue weighted by atomic mass is 16.4. The second-order valence-electron chi connectivity index (χ2n) is 11.0. The van der Waals surface area contributed by atoms with Gasteiger partial charge in [-0.2, -0.15) is 0 Å². The van der Waals surface area contributed by atoms with Crippen molar-refractivity contribution in [2.24, 2.45) is 28.1 Å². The summed E-state index contributed by atoms with van der Waals surface area (Å²) in [5.41, 5.74) is 15.7. The number of carboxylic acid groups (broad SMARTS) is 3. The average Bonchev–Trinajstić information content (AvgIpc) is 3.02. The minimum Gasteiger partial charge on any atom is -0.481 e. The maximum atomic E-state index is 13.3. The first-order chi connectivity index (χ1) is 23.3. The van der Waals surface area contributed by atoms with Crippen molar-refractivity contribution in [1.82, 2.24) is 31.9 Å². The number of guanidine groups is 1. The highest BCUT2D eigenvalue weighted by molar-refractivity contribution is 5.97. The van der Waals surface area contributed by atoms with Crippen LogP contribution in [0.3, 0.4) is 0 Å². The van der Waals surface area contributed by atoms with E-state index in [1.54, 1.807) is 0 Å². The Morgan fingerprint density at radius 3 is 1.68 bits per heavy atom. The van der Waals surface area contributed by atoms with Crippen LogP contribution in [0.2, 0.25) is 0 Å². The van der Waals surface area contributed by atoms with Crippen molar-refractivity contribution in [2.45, 2.75) is 76.2 Å². The molecule has 50 heavy (non-hydrogen) atoms. The third kappa shape index (κ3) is 18.1. The number of hydrogen-bond donors (Lipinski definition) is 13. The van der Waals surface area contributed by atoms with Gasteiger partial charge in [-0.1, -0.05) is 13.8 Å². The molecule has 0 aliphatic heterocycles. The average molecular weight is 719 g/mol. The summed E-state index contributed by atoms with van der Waals surface area (Å²) in [6, 6.07) is -8.22. The van der Waals surface area contributed by atoms with E-state index >= 15 is 0 Å². The van der Waals surface area contributed by atoms with Gasteiger partial charge in [-0.15, -0.1) is 0 Å². The van der Waals surface area contributed by atoms with E-state index in [0.29, 0.717) is 0 Å². The Hall–Kier alpha value is -5.58. The first-order valence-corrected chi connectivity index (χ1v) is 15.1. The summed E-state index contributed by atoms with van der Waals surface area (Å²) < 4.78 is 0. The molecule has 5 atom stereocenters. The lowest BCUT2D eigenvalue weighted by Gasteiger charge is -2.27. The summed E-state index contributed by atoms with van der Waals surface area (Å²) >= 11 is 0. The standard InChI is InChI=1S/C27H46N10O13/c1-12(2)21(37-18(40)10-32-17(39)9-28)25(48)34-14(5-6-19(41)42)23(46)35-15(8-20(43)44)24(47)33-13(4-3-7-31-27(29)30)22(45)36-16(11-38)26(49)50/h12-16,21,38H,3-11,28H2,1-2H3,(H,32,39)(H,33,47)(H,34,48)(H,35,46)(H,36,45)(H,37,40)(H,41,42)(H,43,44)(H,49,50)(H4,29,30,31)/t13-,14-,15-,16-,21-/m0/s1. The molecule has 23 nitrogen and oxygen atoms in total. The molecule has 6 amide bonds. The van der Waals surface area contributed by atoms with Gasteiger partial charge in [0.05, 0.1) is 26.1 Å². The molecule has 0 fully saturated rings. The number of carbonyl (C=O) groups is 9. The number of aliphatic hydroxyl groups is 1. The van der Waals surface area contributed by atoms with E-state index in [9.17, 15) is 63.6 Å². The smallest absolute Gasteiger partial charge is 0.328 e. The van der Waals surface area contributed by atoms with E-state index in [1.165, 1.54) is 13.8 Å². The van der Waals surface area contributed by atoms with Gasteiger partial charge in [0.2, 0.25) is 35.4 Å². The Balaban J connectivity index is 6.15. The molecule has 0 rings (SSSR count). The lowest BCUT2D eigenvalue weighted by atomic mass is 10.0. The summed E-state index contributed by atoms with van der Waals surface area (Å²) in [6.07, 6.45) is -2.47. The third-order valence-electron chi connectivity index (χ3n) is 6.56. The Labute approximate surface area is 285 Å². The van der Waals surface area contributed by atoms with Gasteiger partial charge in [-0.25, -0.2) is 4.79 Å². The number of carboxylic acids is 3. The minimum atomic E-state index is -1.92. The zero-order valence-electron chi connectivity index (χ0n) is 27.5. The van der Waals surface area contributed by atoms with E-state index in [2.05, 4.69) is 31.6 Å².